The summed E-state index contributed by atoms with van der Waals surface area (Å²) in [6, 6.07) is -1.22. The maximum atomic E-state index is 14.3. The number of carbonyl (C=O) groups excluding carboxylic acids is 3. The van der Waals surface area contributed by atoms with Gasteiger partial charge in [0.05, 0.1) is 29.2 Å². The number of fused-ring (bicyclic) bond motifs is 1. The van der Waals surface area contributed by atoms with Crippen LogP contribution in [0.2, 0.25) is 0 Å². The van der Waals surface area contributed by atoms with Gasteiger partial charge in [0.1, 0.15) is 12.6 Å². The van der Waals surface area contributed by atoms with Crippen molar-refractivity contribution in [2.45, 2.75) is 81.4 Å². The Kier molecular flexibility index (Phi) is 8.79. The minimum Gasteiger partial charge on any atom is -0.461 e. The number of esters is 1. The number of likely N-dealkylation sites (tertiary alicyclic amines) is 1. The molecule has 3 saturated heterocycles. The molecule has 7 atom stereocenters. The zero-order valence-corrected chi connectivity index (χ0v) is 22.5. The second kappa shape index (κ2) is 11.1. The second-order valence-corrected chi connectivity index (χ2v) is 12.4. The van der Waals surface area contributed by atoms with Crippen LogP contribution in [0.4, 0.5) is 0 Å². The first-order chi connectivity index (χ1) is 16.7. The molecule has 2 amide bonds. The van der Waals surface area contributed by atoms with Crippen molar-refractivity contribution in [3.8, 4) is 0 Å². The van der Waals surface area contributed by atoms with Crippen LogP contribution in [0.25, 0.3) is 0 Å². The van der Waals surface area contributed by atoms with Crippen LogP contribution in [0.5, 0.6) is 0 Å². The van der Waals surface area contributed by atoms with Gasteiger partial charge in [0.2, 0.25) is 11.8 Å². The van der Waals surface area contributed by atoms with Crippen molar-refractivity contribution in [3.05, 3.63) is 25.3 Å². The van der Waals surface area contributed by atoms with Gasteiger partial charge in [-0.05, 0) is 32.1 Å². The molecule has 3 fully saturated rings. The van der Waals surface area contributed by atoms with Gasteiger partial charge >= 0.3 is 5.97 Å². The van der Waals surface area contributed by atoms with E-state index in [9.17, 15) is 19.5 Å². The first-order valence-electron chi connectivity index (χ1n) is 13.0. The van der Waals surface area contributed by atoms with E-state index in [1.54, 1.807) is 27.6 Å². The number of hydrogen-bond acceptors (Lipinski definition) is 6. The monoisotopic (exact) mass is 506 g/mol. The van der Waals surface area contributed by atoms with E-state index in [-0.39, 0.29) is 30.9 Å². The normalized spacial score (nSPS) is 32.8. The highest BCUT2D eigenvalue weighted by Gasteiger charge is 2.78. The Morgan fingerprint density at radius 3 is 2.60 bits per heavy atom. The summed E-state index contributed by atoms with van der Waals surface area (Å²) in [5.41, 5.74) is 0. The first-order valence-corrected chi connectivity index (χ1v) is 13.8. The molecule has 0 aromatic heterocycles. The standard InChI is InChI=1S/C27H42N2O5S/c1-7-11-15-28(14-8-2)24(32)22-27-13-12-26(6,35-27)21(25(33)34-16-9-3)20(27)23(31)29(22)19(17-30)18(5)10-4/h8-9,18-22,30H,2-3,7,10-17H2,1,4-6H3/t18-,19-,20-,21-,22?,26+,27?/m0/s1. The Morgan fingerprint density at radius 2 is 2.03 bits per heavy atom. The topological polar surface area (TPSA) is 87.1 Å². The van der Waals surface area contributed by atoms with Crippen LogP contribution in [0.1, 0.15) is 59.8 Å². The van der Waals surface area contributed by atoms with Gasteiger partial charge in [-0.3, -0.25) is 14.4 Å². The summed E-state index contributed by atoms with van der Waals surface area (Å²) in [7, 11) is 0. The van der Waals surface area contributed by atoms with Gasteiger partial charge in [-0.25, -0.2) is 0 Å². The number of unbranched alkanes of at least 4 members (excludes halogenated alkanes) is 1. The summed E-state index contributed by atoms with van der Waals surface area (Å²) in [6.45, 7) is 16.5. The molecule has 7 nitrogen and oxygen atoms in total. The molecule has 8 heteroatoms. The lowest BCUT2D eigenvalue weighted by atomic mass is 9.66. The SMILES string of the molecule is C=CCOC(=O)[C@@H]1[C@H]2C(=O)N([C@@H](CO)[C@@H](C)CC)C(C(=O)N(CC=C)CCCC)C23CC[C@@]1(C)S3. The molecule has 3 aliphatic heterocycles. The Balaban J connectivity index is 2.12. The van der Waals surface area contributed by atoms with E-state index < -0.39 is 39.4 Å². The number of thioether (sulfide) groups is 1. The predicted octanol–water partition coefficient (Wildman–Crippen LogP) is 3.42. The van der Waals surface area contributed by atoms with Gasteiger partial charge in [0.25, 0.3) is 0 Å². The van der Waals surface area contributed by atoms with Crippen LogP contribution in [-0.2, 0) is 19.1 Å². The molecule has 0 aliphatic carbocycles. The fourth-order valence-electron chi connectivity index (χ4n) is 6.37. The molecule has 0 saturated carbocycles. The molecule has 3 rings (SSSR count). The lowest BCUT2D eigenvalue weighted by molar-refractivity contribution is -0.155. The lowest BCUT2D eigenvalue weighted by Gasteiger charge is -2.41. The second-order valence-electron chi connectivity index (χ2n) is 10.5. The van der Waals surface area contributed by atoms with Gasteiger partial charge in [-0.1, -0.05) is 52.3 Å². The highest BCUT2D eigenvalue weighted by molar-refractivity contribution is 8.02. The molecule has 3 aliphatic rings. The molecular formula is C27H42N2O5S. The molecule has 0 aromatic rings. The van der Waals surface area contributed by atoms with E-state index in [0.29, 0.717) is 19.5 Å². The number of nitrogens with zero attached hydrogens (tertiary/aromatic N) is 2. The highest BCUT2D eigenvalue weighted by atomic mass is 32.2. The van der Waals surface area contributed by atoms with E-state index in [4.69, 9.17) is 4.74 Å². The average molecular weight is 507 g/mol. The van der Waals surface area contributed by atoms with Crippen LogP contribution in [0, 0.1) is 17.8 Å². The Labute approximate surface area is 214 Å². The quantitative estimate of drug-likeness (QED) is 0.304. The Bertz CT molecular complexity index is 849. The molecule has 1 spiro atoms. The fraction of sp³-hybridized carbons (Fsp3) is 0.741. The predicted molar refractivity (Wildman–Crippen MR) is 139 cm³/mol. The third-order valence-electron chi connectivity index (χ3n) is 8.33. The van der Waals surface area contributed by atoms with Crippen molar-refractivity contribution in [3.63, 3.8) is 0 Å². The summed E-state index contributed by atoms with van der Waals surface area (Å²) < 4.78 is 4.29. The summed E-state index contributed by atoms with van der Waals surface area (Å²) in [6.07, 6.45) is 7.21. The molecular weight excluding hydrogens is 464 g/mol. The van der Waals surface area contributed by atoms with Crippen molar-refractivity contribution in [1.29, 1.82) is 0 Å². The molecule has 196 valence electrons. The van der Waals surface area contributed by atoms with Gasteiger partial charge in [0, 0.05) is 17.8 Å². The Hall–Kier alpha value is -1.80. The van der Waals surface area contributed by atoms with Gasteiger partial charge in [-0.15, -0.1) is 18.3 Å². The van der Waals surface area contributed by atoms with Gasteiger partial charge < -0.3 is 19.6 Å². The molecule has 1 N–H and O–H groups in total. The van der Waals surface area contributed by atoms with Crippen LogP contribution < -0.4 is 0 Å². The summed E-state index contributed by atoms with van der Waals surface area (Å²) in [5.74, 6) is -1.98. The summed E-state index contributed by atoms with van der Waals surface area (Å²) in [5, 5.41) is 10.4. The molecule has 35 heavy (non-hydrogen) atoms. The van der Waals surface area contributed by atoms with E-state index in [1.165, 1.54) is 6.08 Å². The number of aliphatic hydroxyl groups excluding tert-OH is 1. The average Bonchev–Trinajstić information content (AvgIpc) is 3.41. The maximum absolute atomic E-state index is 14.3. The lowest BCUT2D eigenvalue weighted by Crippen LogP contribution is -2.58. The van der Waals surface area contributed by atoms with Gasteiger partial charge in [-0.2, -0.15) is 0 Å². The number of ether oxygens (including phenoxy) is 1. The minimum absolute atomic E-state index is 0.00178. The van der Waals surface area contributed by atoms with Crippen LogP contribution >= 0.6 is 11.8 Å². The smallest absolute Gasteiger partial charge is 0.311 e. The molecule has 2 unspecified atom stereocenters. The van der Waals surface area contributed by atoms with E-state index in [2.05, 4.69) is 20.1 Å². The minimum atomic E-state index is -0.730. The van der Waals surface area contributed by atoms with Crippen molar-refractivity contribution >= 4 is 29.5 Å². The maximum Gasteiger partial charge on any atom is 0.311 e. The molecule has 0 aromatic carbocycles. The fourth-order valence-corrected chi connectivity index (χ4v) is 8.70. The first kappa shape index (κ1) is 27.8. The highest BCUT2D eigenvalue weighted by Crippen LogP contribution is 2.72. The van der Waals surface area contributed by atoms with Crippen molar-refractivity contribution in [2.75, 3.05) is 26.3 Å². The van der Waals surface area contributed by atoms with Gasteiger partial charge in [0.15, 0.2) is 0 Å². The molecule has 0 radical (unpaired) electrons. The van der Waals surface area contributed by atoms with Crippen molar-refractivity contribution in [1.82, 2.24) is 9.80 Å². The Morgan fingerprint density at radius 1 is 1.31 bits per heavy atom. The van der Waals surface area contributed by atoms with E-state index in [1.807, 2.05) is 20.8 Å². The van der Waals surface area contributed by atoms with E-state index >= 15 is 0 Å². The van der Waals surface area contributed by atoms with Crippen molar-refractivity contribution in [2.24, 2.45) is 17.8 Å². The molecule has 2 bridgehead atoms. The largest absolute Gasteiger partial charge is 0.461 e. The third kappa shape index (κ3) is 4.57. The van der Waals surface area contributed by atoms with Crippen LogP contribution in [0.3, 0.4) is 0 Å². The van der Waals surface area contributed by atoms with Crippen molar-refractivity contribution < 1.29 is 24.2 Å². The summed E-state index contributed by atoms with van der Waals surface area (Å²) in [4.78, 5) is 45.2. The number of rotatable bonds is 13. The van der Waals surface area contributed by atoms with Crippen LogP contribution in [-0.4, -0.2) is 80.6 Å². The number of aliphatic hydroxyl groups is 1. The summed E-state index contributed by atoms with van der Waals surface area (Å²) >= 11 is 1.63. The zero-order valence-electron chi connectivity index (χ0n) is 21.7. The number of amides is 2. The zero-order chi connectivity index (χ0) is 26.0. The number of carbonyl (C=O) groups is 3. The number of hydrogen-bond donors (Lipinski definition) is 1. The van der Waals surface area contributed by atoms with E-state index in [0.717, 1.165) is 25.7 Å². The van der Waals surface area contributed by atoms with Crippen LogP contribution in [0.15, 0.2) is 25.3 Å². The molecule has 3 heterocycles. The third-order valence-corrected chi connectivity index (χ3v) is 10.3.